The lowest BCUT2D eigenvalue weighted by atomic mass is 10.1. The lowest BCUT2D eigenvalue weighted by Crippen LogP contribution is -2.40. The fourth-order valence-electron chi connectivity index (χ4n) is 4.98. The van der Waals surface area contributed by atoms with Crippen molar-refractivity contribution in [1.82, 2.24) is 9.97 Å². The van der Waals surface area contributed by atoms with E-state index in [1.54, 1.807) is 24.4 Å². The fourth-order valence-corrected chi connectivity index (χ4v) is 4.98. The molecule has 2 amide bonds. The molecule has 35 heavy (non-hydrogen) atoms. The van der Waals surface area contributed by atoms with Gasteiger partial charge in [0, 0.05) is 42.9 Å². The Balaban J connectivity index is 1.24. The Hall–Kier alpha value is -4.14. The first-order valence-corrected chi connectivity index (χ1v) is 11.8. The third-order valence-electron chi connectivity index (χ3n) is 6.75. The summed E-state index contributed by atoms with van der Waals surface area (Å²) < 4.78 is 11.4. The summed E-state index contributed by atoms with van der Waals surface area (Å²) in [5.74, 6) is 1.99. The van der Waals surface area contributed by atoms with E-state index in [2.05, 4.69) is 15.3 Å². The second kappa shape index (κ2) is 8.57. The lowest BCUT2D eigenvalue weighted by Gasteiger charge is -2.31. The minimum atomic E-state index is 0.0690. The van der Waals surface area contributed by atoms with Crippen LogP contribution in [0.5, 0.6) is 11.6 Å². The van der Waals surface area contributed by atoms with Crippen molar-refractivity contribution in [3.63, 3.8) is 0 Å². The molecule has 6 rings (SSSR count). The van der Waals surface area contributed by atoms with Crippen molar-refractivity contribution in [3.05, 3.63) is 48.8 Å². The molecule has 9 nitrogen and oxygen atoms in total. The number of nitrogens with zero attached hydrogens (tertiary/aromatic N) is 4. The second-order valence-electron chi connectivity index (χ2n) is 8.91. The first kappa shape index (κ1) is 21.4. The largest absolute Gasteiger partial charge is 0.496 e. The molecule has 2 saturated heterocycles. The van der Waals surface area contributed by atoms with E-state index in [1.165, 1.54) is 0 Å². The number of hydrogen-bond donors (Lipinski definition) is 1. The van der Waals surface area contributed by atoms with E-state index in [0.717, 1.165) is 36.2 Å². The van der Waals surface area contributed by atoms with Gasteiger partial charge in [0.2, 0.25) is 17.7 Å². The quantitative estimate of drug-likeness (QED) is 0.603. The van der Waals surface area contributed by atoms with Gasteiger partial charge in [0.15, 0.2) is 0 Å². The summed E-state index contributed by atoms with van der Waals surface area (Å²) in [6, 6.07) is 11.6. The molecule has 0 bridgehead atoms. The van der Waals surface area contributed by atoms with Gasteiger partial charge in [-0.25, -0.2) is 9.97 Å². The molecule has 1 aromatic carbocycles. The molecule has 2 fully saturated rings. The average Bonchev–Trinajstić information content (AvgIpc) is 3.49. The summed E-state index contributed by atoms with van der Waals surface area (Å²) in [4.78, 5) is 37.0. The zero-order valence-corrected chi connectivity index (χ0v) is 19.4. The molecule has 0 saturated carbocycles. The molecule has 1 N–H and O–H groups in total. The first-order chi connectivity index (χ1) is 17.1. The van der Waals surface area contributed by atoms with Crippen LogP contribution in [0, 0.1) is 0 Å². The molecule has 5 heterocycles. The standard InChI is InChI=1S/C26H25N5O4/c1-34-22-12-23(27-14-20(22)16-4-6-18(7-5-16)30-10-2-3-24(30)32)29-17-11-21-26(28-13-17)35-15-19-8-9-25(33)31(19)21/h4-7,11-14,19H,2-3,8-10,15H2,1H3,(H,27,29). The number of ether oxygens (including phenoxy) is 2. The van der Waals surface area contributed by atoms with Crippen molar-refractivity contribution >= 4 is 34.7 Å². The Morgan fingerprint density at radius 3 is 2.69 bits per heavy atom. The van der Waals surface area contributed by atoms with Crippen LogP contribution in [0.4, 0.5) is 22.9 Å². The van der Waals surface area contributed by atoms with E-state index in [-0.39, 0.29) is 17.9 Å². The molecule has 9 heteroatoms. The summed E-state index contributed by atoms with van der Waals surface area (Å²) in [7, 11) is 1.62. The molecule has 1 atom stereocenters. The van der Waals surface area contributed by atoms with Gasteiger partial charge >= 0.3 is 0 Å². The SMILES string of the molecule is COc1cc(Nc2cnc3c(c2)N2C(=O)CCC2CO3)ncc1-c1ccc(N2CCCC2=O)cc1. The molecular formula is C26H25N5O4. The van der Waals surface area contributed by atoms with E-state index < -0.39 is 0 Å². The maximum absolute atomic E-state index is 12.4. The third-order valence-corrected chi connectivity index (χ3v) is 6.75. The van der Waals surface area contributed by atoms with Gasteiger partial charge in [0.25, 0.3) is 0 Å². The van der Waals surface area contributed by atoms with Gasteiger partial charge in [-0.15, -0.1) is 0 Å². The third kappa shape index (κ3) is 3.82. The van der Waals surface area contributed by atoms with Crippen molar-refractivity contribution in [2.24, 2.45) is 0 Å². The number of anilines is 4. The number of carbonyl (C=O) groups is 2. The summed E-state index contributed by atoms with van der Waals surface area (Å²) in [6.07, 6.45) is 6.25. The van der Waals surface area contributed by atoms with E-state index in [0.29, 0.717) is 48.3 Å². The molecule has 3 aromatic rings. The minimum absolute atomic E-state index is 0.0690. The van der Waals surface area contributed by atoms with Gasteiger partial charge in [-0.3, -0.25) is 9.59 Å². The molecule has 2 aromatic heterocycles. The van der Waals surface area contributed by atoms with Gasteiger partial charge in [-0.05, 0) is 36.6 Å². The van der Waals surface area contributed by atoms with E-state index in [1.807, 2.05) is 41.3 Å². The van der Waals surface area contributed by atoms with Crippen LogP contribution in [0.1, 0.15) is 25.7 Å². The number of methoxy groups -OCH3 is 1. The van der Waals surface area contributed by atoms with E-state index in [9.17, 15) is 9.59 Å². The van der Waals surface area contributed by atoms with Crippen LogP contribution in [-0.2, 0) is 9.59 Å². The van der Waals surface area contributed by atoms with Gasteiger partial charge in [0.05, 0.1) is 25.0 Å². The Labute approximate surface area is 202 Å². The lowest BCUT2D eigenvalue weighted by molar-refractivity contribution is -0.118. The number of carbonyl (C=O) groups excluding carboxylic acids is 2. The van der Waals surface area contributed by atoms with Crippen LogP contribution in [0.2, 0.25) is 0 Å². The number of amides is 2. The van der Waals surface area contributed by atoms with Crippen LogP contribution >= 0.6 is 0 Å². The highest BCUT2D eigenvalue weighted by Crippen LogP contribution is 2.39. The molecule has 0 spiro atoms. The minimum Gasteiger partial charge on any atom is -0.496 e. The van der Waals surface area contributed by atoms with Crippen molar-refractivity contribution in [3.8, 4) is 22.8 Å². The van der Waals surface area contributed by atoms with Gasteiger partial charge in [-0.2, -0.15) is 0 Å². The number of benzene rings is 1. The average molecular weight is 472 g/mol. The fraction of sp³-hybridized carbons (Fsp3) is 0.308. The van der Waals surface area contributed by atoms with Crippen molar-refractivity contribution < 1.29 is 19.1 Å². The Kier molecular flexibility index (Phi) is 5.24. The zero-order valence-electron chi connectivity index (χ0n) is 19.4. The molecule has 3 aliphatic rings. The number of hydrogen-bond acceptors (Lipinski definition) is 7. The predicted molar refractivity (Wildman–Crippen MR) is 131 cm³/mol. The summed E-state index contributed by atoms with van der Waals surface area (Å²) in [5.41, 5.74) is 4.09. The van der Waals surface area contributed by atoms with Crippen molar-refractivity contribution in [1.29, 1.82) is 0 Å². The molecule has 1 unspecified atom stereocenters. The van der Waals surface area contributed by atoms with Crippen LogP contribution < -0.4 is 24.6 Å². The van der Waals surface area contributed by atoms with E-state index in [4.69, 9.17) is 9.47 Å². The van der Waals surface area contributed by atoms with Crippen LogP contribution in [0.3, 0.4) is 0 Å². The zero-order chi connectivity index (χ0) is 23.9. The Bertz CT molecular complexity index is 1310. The number of fused-ring (bicyclic) bond motifs is 3. The summed E-state index contributed by atoms with van der Waals surface area (Å²) in [6.45, 7) is 1.24. The highest BCUT2D eigenvalue weighted by atomic mass is 16.5. The maximum Gasteiger partial charge on any atom is 0.238 e. The highest BCUT2D eigenvalue weighted by molar-refractivity contribution is 5.98. The van der Waals surface area contributed by atoms with Crippen molar-refractivity contribution in [2.45, 2.75) is 31.7 Å². The van der Waals surface area contributed by atoms with Crippen LogP contribution in [0.25, 0.3) is 11.1 Å². The number of rotatable bonds is 5. The number of aromatic nitrogens is 2. The topological polar surface area (TPSA) is 96.9 Å². The van der Waals surface area contributed by atoms with E-state index >= 15 is 0 Å². The van der Waals surface area contributed by atoms with Gasteiger partial charge < -0.3 is 24.6 Å². The summed E-state index contributed by atoms with van der Waals surface area (Å²) >= 11 is 0. The smallest absolute Gasteiger partial charge is 0.238 e. The molecular weight excluding hydrogens is 446 g/mol. The van der Waals surface area contributed by atoms with Crippen molar-refractivity contribution in [2.75, 3.05) is 35.4 Å². The monoisotopic (exact) mass is 471 g/mol. The number of nitrogens with one attached hydrogen (secondary N) is 1. The van der Waals surface area contributed by atoms with Gasteiger partial charge in [0.1, 0.15) is 23.9 Å². The maximum atomic E-state index is 12.4. The van der Waals surface area contributed by atoms with Gasteiger partial charge in [-0.1, -0.05) is 12.1 Å². The first-order valence-electron chi connectivity index (χ1n) is 11.8. The number of pyridine rings is 2. The molecule has 178 valence electrons. The predicted octanol–water partition coefficient (Wildman–Crippen LogP) is 3.91. The molecule has 0 aliphatic carbocycles. The molecule has 0 radical (unpaired) electrons. The Morgan fingerprint density at radius 1 is 1.06 bits per heavy atom. The normalized spacial score (nSPS) is 18.8. The summed E-state index contributed by atoms with van der Waals surface area (Å²) in [5, 5.41) is 3.26. The highest BCUT2D eigenvalue weighted by Gasteiger charge is 2.38. The van der Waals surface area contributed by atoms with Crippen LogP contribution in [0.15, 0.2) is 48.8 Å². The van der Waals surface area contributed by atoms with Crippen LogP contribution in [-0.4, -0.2) is 48.1 Å². The molecule has 3 aliphatic heterocycles. The second-order valence-corrected chi connectivity index (χ2v) is 8.91. The Morgan fingerprint density at radius 2 is 1.91 bits per heavy atom.